The van der Waals surface area contributed by atoms with Crippen molar-refractivity contribution < 1.29 is 14.3 Å². The number of carbonyl (C=O) groups is 2. The predicted octanol–water partition coefficient (Wildman–Crippen LogP) is 2.11. The maximum atomic E-state index is 12.2. The number of amides is 1. The van der Waals surface area contributed by atoms with Crippen LogP contribution in [-0.2, 0) is 27.4 Å². The SMILES string of the molecule is CN(Cc1cccs1)C(=O)COC(=O)CCn1cnc2sccc2c1=O. The Bertz CT molecular complexity index is 962. The van der Waals surface area contributed by atoms with E-state index in [1.165, 1.54) is 27.1 Å². The molecule has 136 valence electrons. The van der Waals surface area contributed by atoms with Crippen molar-refractivity contribution in [2.75, 3.05) is 13.7 Å². The van der Waals surface area contributed by atoms with Crippen LogP contribution in [0.2, 0.25) is 0 Å². The first-order valence-corrected chi connectivity index (χ1v) is 9.65. The molecule has 0 saturated carbocycles. The van der Waals surface area contributed by atoms with Crippen molar-refractivity contribution in [3.63, 3.8) is 0 Å². The molecule has 0 aliphatic rings. The van der Waals surface area contributed by atoms with Gasteiger partial charge in [-0.3, -0.25) is 19.0 Å². The number of esters is 1. The maximum Gasteiger partial charge on any atom is 0.308 e. The van der Waals surface area contributed by atoms with Gasteiger partial charge in [-0.05, 0) is 22.9 Å². The van der Waals surface area contributed by atoms with E-state index in [0.717, 1.165) is 4.88 Å². The number of aryl methyl sites for hydroxylation is 1. The molecule has 0 radical (unpaired) electrons. The highest BCUT2D eigenvalue weighted by atomic mass is 32.1. The molecule has 0 N–H and O–H groups in total. The molecule has 0 saturated heterocycles. The van der Waals surface area contributed by atoms with Gasteiger partial charge in [0.2, 0.25) is 0 Å². The van der Waals surface area contributed by atoms with Crippen LogP contribution in [-0.4, -0.2) is 40.0 Å². The van der Waals surface area contributed by atoms with E-state index >= 15 is 0 Å². The van der Waals surface area contributed by atoms with E-state index in [4.69, 9.17) is 4.74 Å². The van der Waals surface area contributed by atoms with E-state index in [2.05, 4.69) is 4.98 Å². The van der Waals surface area contributed by atoms with Crippen LogP contribution >= 0.6 is 22.7 Å². The van der Waals surface area contributed by atoms with Crippen molar-refractivity contribution >= 4 is 44.8 Å². The van der Waals surface area contributed by atoms with Crippen molar-refractivity contribution in [3.8, 4) is 0 Å². The number of nitrogens with zero attached hydrogens (tertiary/aromatic N) is 3. The van der Waals surface area contributed by atoms with Crippen molar-refractivity contribution in [3.05, 3.63) is 50.5 Å². The Hall–Kier alpha value is -2.52. The van der Waals surface area contributed by atoms with Crippen LogP contribution in [0.15, 0.2) is 40.1 Å². The first-order chi connectivity index (χ1) is 12.5. The zero-order valence-corrected chi connectivity index (χ0v) is 15.7. The summed E-state index contributed by atoms with van der Waals surface area (Å²) in [5.74, 6) is -0.800. The molecular formula is C17H17N3O4S2. The molecule has 0 unspecified atom stereocenters. The Morgan fingerprint density at radius 1 is 1.27 bits per heavy atom. The molecule has 0 aliphatic heterocycles. The van der Waals surface area contributed by atoms with E-state index < -0.39 is 5.97 Å². The Balaban J connectivity index is 1.47. The summed E-state index contributed by atoms with van der Waals surface area (Å²) in [6.45, 7) is 0.336. The quantitative estimate of drug-likeness (QED) is 0.576. The van der Waals surface area contributed by atoms with Gasteiger partial charge in [-0.25, -0.2) is 4.98 Å². The standard InChI is InChI=1S/C17H17N3O4S2/c1-19(9-12-3-2-7-25-12)14(21)10-24-15(22)4-6-20-11-18-16-13(17(20)23)5-8-26-16/h2-3,5,7-8,11H,4,6,9-10H2,1H3. The van der Waals surface area contributed by atoms with Gasteiger partial charge in [0.25, 0.3) is 11.5 Å². The Morgan fingerprint density at radius 3 is 2.88 bits per heavy atom. The summed E-state index contributed by atoms with van der Waals surface area (Å²) in [7, 11) is 1.66. The van der Waals surface area contributed by atoms with Crippen molar-refractivity contribution in [2.45, 2.75) is 19.5 Å². The minimum atomic E-state index is -0.528. The summed E-state index contributed by atoms with van der Waals surface area (Å²) < 4.78 is 6.39. The molecule has 3 heterocycles. The fourth-order valence-corrected chi connectivity index (χ4v) is 3.79. The van der Waals surface area contributed by atoms with Crippen LogP contribution in [0.4, 0.5) is 0 Å². The highest BCUT2D eigenvalue weighted by Crippen LogP contribution is 2.13. The molecule has 7 nitrogen and oxygen atoms in total. The Kier molecular flexibility index (Phi) is 5.79. The average molecular weight is 391 g/mol. The molecule has 26 heavy (non-hydrogen) atoms. The van der Waals surface area contributed by atoms with Crippen LogP contribution in [0.5, 0.6) is 0 Å². The number of aromatic nitrogens is 2. The fourth-order valence-electron chi connectivity index (χ4n) is 2.31. The third kappa shape index (κ3) is 4.36. The van der Waals surface area contributed by atoms with Gasteiger partial charge in [0.1, 0.15) is 4.83 Å². The Morgan fingerprint density at radius 2 is 2.12 bits per heavy atom. The van der Waals surface area contributed by atoms with Gasteiger partial charge in [-0.1, -0.05) is 6.07 Å². The number of hydrogen-bond donors (Lipinski definition) is 0. The molecule has 1 amide bonds. The smallest absolute Gasteiger partial charge is 0.308 e. The van der Waals surface area contributed by atoms with Crippen LogP contribution < -0.4 is 5.56 Å². The van der Waals surface area contributed by atoms with Crippen LogP contribution in [0.1, 0.15) is 11.3 Å². The molecule has 0 aromatic carbocycles. The lowest BCUT2D eigenvalue weighted by molar-refractivity contribution is -0.151. The molecule has 0 aliphatic carbocycles. The Labute approximate surface area is 157 Å². The van der Waals surface area contributed by atoms with Gasteiger partial charge in [0, 0.05) is 18.5 Å². The molecule has 3 aromatic rings. The number of thiophene rings is 2. The third-order valence-electron chi connectivity index (χ3n) is 3.76. The largest absolute Gasteiger partial charge is 0.456 e. The second kappa shape index (κ2) is 8.24. The van der Waals surface area contributed by atoms with Gasteiger partial charge in [0.15, 0.2) is 6.61 Å². The number of likely N-dealkylation sites (N-methyl/N-ethyl adjacent to an activating group) is 1. The summed E-state index contributed by atoms with van der Waals surface area (Å²) in [4.78, 5) is 43.5. The zero-order valence-electron chi connectivity index (χ0n) is 14.1. The normalized spacial score (nSPS) is 10.8. The van der Waals surface area contributed by atoms with E-state index in [-0.39, 0.29) is 31.0 Å². The van der Waals surface area contributed by atoms with E-state index in [1.54, 1.807) is 29.8 Å². The molecule has 3 rings (SSSR count). The third-order valence-corrected chi connectivity index (χ3v) is 5.44. The van der Waals surface area contributed by atoms with Gasteiger partial charge in [-0.15, -0.1) is 22.7 Å². The fraction of sp³-hybridized carbons (Fsp3) is 0.294. The minimum absolute atomic E-state index is 0.000844. The molecule has 0 bridgehead atoms. The number of fused-ring (bicyclic) bond motifs is 1. The number of hydrogen-bond acceptors (Lipinski definition) is 7. The second-order valence-corrected chi connectivity index (χ2v) is 7.55. The first kappa shape index (κ1) is 18.3. The van der Waals surface area contributed by atoms with Crippen molar-refractivity contribution in [1.82, 2.24) is 14.5 Å². The molecule has 0 atom stereocenters. The maximum absolute atomic E-state index is 12.2. The van der Waals surface area contributed by atoms with Gasteiger partial charge < -0.3 is 9.64 Å². The average Bonchev–Trinajstić information content (AvgIpc) is 3.30. The second-order valence-electron chi connectivity index (χ2n) is 5.62. The van der Waals surface area contributed by atoms with Crippen LogP contribution in [0.3, 0.4) is 0 Å². The van der Waals surface area contributed by atoms with Gasteiger partial charge in [0.05, 0.1) is 24.7 Å². The molecule has 3 aromatic heterocycles. The molecule has 0 spiro atoms. The van der Waals surface area contributed by atoms with E-state index in [1.807, 2.05) is 17.5 Å². The van der Waals surface area contributed by atoms with Gasteiger partial charge >= 0.3 is 5.97 Å². The predicted molar refractivity (Wildman–Crippen MR) is 100 cm³/mol. The topological polar surface area (TPSA) is 81.5 Å². The molecular weight excluding hydrogens is 374 g/mol. The van der Waals surface area contributed by atoms with E-state index in [0.29, 0.717) is 16.8 Å². The van der Waals surface area contributed by atoms with Crippen LogP contribution in [0.25, 0.3) is 10.2 Å². The van der Waals surface area contributed by atoms with E-state index in [9.17, 15) is 14.4 Å². The highest BCUT2D eigenvalue weighted by molar-refractivity contribution is 7.16. The lowest BCUT2D eigenvalue weighted by atomic mass is 10.4. The van der Waals surface area contributed by atoms with Crippen molar-refractivity contribution in [1.29, 1.82) is 0 Å². The summed E-state index contributed by atoms with van der Waals surface area (Å²) >= 11 is 2.95. The number of carbonyl (C=O) groups excluding carboxylic acids is 2. The molecule has 9 heteroatoms. The summed E-state index contributed by atoms with van der Waals surface area (Å²) in [6.07, 6.45) is 1.42. The summed E-state index contributed by atoms with van der Waals surface area (Å²) in [6, 6.07) is 5.57. The van der Waals surface area contributed by atoms with Gasteiger partial charge in [-0.2, -0.15) is 0 Å². The van der Waals surface area contributed by atoms with Crippen LogP contribution in [0, 0.1) is 0 Å². The van der Waals surface area contributed by atoms with Crippen molar-refractivity contribution in [2.24, 2.45) is 0 Å². The highest BCUT2D eigenvalue weighted by Gasteiger charge is 2.13. The lowest BCUT2D eigenvalue weighted by Crippen LogP contribution is -2.31. The zero-order chi connectivity index (χ0) is 18.5. The first-order valence-electron chi connectivity index (χ1n) is 7.89. The summed E-state index contributed by atoms with van der Waals surface area (Å²) in [5.41, 5.74) is -0.184. The number of rotatable bonds is 7. The monoisotopic (exact) mass is 391 g/mol. The number of ether oxygens (including phenoxy) is 1. The summed E-state index contributed by atoms with van der Waals surface area (Å²) in [5, 5.41) is 4.28. The lowest BCUT2D eigenvalue weighted by Gasteiger charge is -2.16. The molecule has 0 fully saturated rings. The minimum Gasteiger partial charge on any atom is -0.456 e.